The van der Waals surface area contributed by atoms with E-state index in [0.29, 0.717) is 0 Å². The van der Waals surface area contributed by atoms with E-state index in [2.05, 4.69) is 5.32 Å². The molecule has 0 aliphatic heterocycles. The van der Waals surface area contributed by atoms with Crippen LogP contribution in [0.4, 0.5) is 0 Å². The number of hydrogen-bond acceptors (Lipinski definition) is 3. The summed E-state index contributed by atoms with van der Waals surface area (Å²) in [6.07, 6.45) is 1.35. The van der Waals surface area contributed by atoms with E-state index < -0.39 is 0 Å². The molecule has 0 aliphatic carbocycles. The third kappa shape index (κ3) is 7.88. The second kappa shape index (κ2) is 6.99. The molecule has 0 spiro atoms. The van der Waals surface area contributed by atoms with Gasteiger partial charge in [-0.2, -0.15) is 0 Å². The van der Waals surface area contributed by atoms with Gasteiger partial charge in [0, 0.05) is 6.61 Å². The third-order valence-corrected chi connectivity index (χ3v) is 1.25. The monoisotopic (exact) mass is 147 g/mol. The van der Waals surface area contributed by atoms with E-state index in [1.807, 2.05) is 0 Å². The topological polar surface area (TPSA) is 52.5 Å². The Morgan fingerprint density at radius 1 is 1.40 bits per heavy atom. The van der Waals surface area contributed by atoms with Crippen LogP contribution in [0.25, 0.3) is 0 Å². The predicted octanol–water partition coefficient (Wildman–Crippen LogP) is -0.271. The van der Waals surface area contributed by atoms with Crippen molar-refractivity contribution in [2.45, 2.75) is 25.9 Å². The molecule has 0 saturated carbocycles. The molecule has 0 radical (unpaired) electrons. The Labute approximate surface area is 62.1 Å². The van der Waals surface area contributed by atoms with E-state index in [1.54, 1.807) is 6.92 Å². The maximum Gasteiger partial charge on any atom is 0.0524 e. The van der Waals surface area contributed by atoms with Gasteiger partial charge in [-0.05, 0) is 32.9 Å². The number of aliphatic hydroxyl groups excluding tert-OH is 2. The van der Waals surface area contributed by atoms with Crippen molar-refractivity contribution in [1.82, 2.24) is 5.32 Å². The molecule has 0 aromatic heterocycles. The molecule has 0 fully saturated rings. The molecule has 0 aromatic carbocycles. The highest BCUT2D eigenvalue weighted by atomic mass is 16.3. The van der Waals surface area contributed by atoms with Crippen LogP contribution in [0.15, 0.2) is 0 Å². The molecule has 62 valence electrons. The van der Waals surface area contributed by atoms with Crippen molar-refractivity contribution in [2.24, 2.45) is 0 Å². The smallest absolute Gasteiger partial charge is 0.0524 e. The summed E-state index contributed by atoms with van der Waals surface area (Å²) in [4.78, 5) is 0. The third-order valence-electron chi connectivity index (χ3n) is 1.25. The van der Waals surface area contributed by atoms with Crippen molar-refractivity contribution in [3.63, 3.8) is 0 Å². The van der Waals surface area contributed by atoms with E-state index in [-0.39, 0.29) is 12.7 Å². The summed E-state index contributed by atoms with van der Waals surface area (Å²) in [6, 6.07) is 0. The highest BCUT2D eigenvalue weighted by Gasteiger charge is 1.92. The van der Waals surface area contributed by atoms with Crippen LogP contribution >= 0.6 is 0 Å². The van der Waals surface area contributed by atoms with Crippen molar-refractivity contribution >= 4 is 0 Å². The first-order valence-electron chi connectivity index (χ1n) is 3.77. The normalized spacial score (nSPS) is 13.5. The van der Waals surface area contributed by atoms with Crippen LogP contribution in [-0.4, -0.2) is 36.0 Å². The molecular weight excluding hydrogens is 130 g/mol. The van der Waals surface area contributed by atoms with Crippen LogP contribution in [0.5, 0.6) is 0 Å². The van der Waals surface area contributed by atoms with Crippen LogP contribution < -0.4 is 5.32 Å². The molecule has 0 heterocycles. The fourth-order valence-electron chi connectivity index (χ4n) is 0.640. The van der Waals surface area contributed by atoms with Gasteiger partial charge in [0.05, 0.1) is 6.10 Å². The maximum atomic E-state index is 8.82. The minimum atomic E-state index is -0.221. The molecule has 1 atom stereocenters. The molecule has 0 aromatic rings. The number of nitrogens with one attached hydrogen (secondary N) is 1. The first-order chi connectivity index (χ1) is 4.77. The first kappa shape index (κ1) is 9.88. The van der Waals surface area contributed by atoms with Crippen LogP contribution in [-0.2, 0) is 0 Å². The van der Waals surface area contributed by atoms with Gasteiger partial charge in [-0.25, -0.2) is 0 Å². The fourth-order valence-corrected chi connectivity index (χ4v) is 0.640. The summed E-state index contributed by atoms with van der Waals surface area (Å²) in [6.45, 7) is 3.68. The Morgan fingerprint density at radius 3 is 2.60 bits per heavy atom. The van der Waals surface area contributed by atoms with Crippen molar-refractivity contribution in [3.8, 4) is 0 Å². The molecule has 0 aliphatic rings. The highest BCUT2D eigenvalue weighted by Crippen LogP contribution is 1.85. The van der Waals surface area contributed by atoms with Gasteiger partial charge in [0.25, 0.3) is 0 Å². The van der Waals surface area contributed by atoms with Gasteiger partial charge in [-0.1, -0.05) is 0 Å². The Hall–Kier alpha value is -0.120. The quantitative estimate of drug-likeness (QED) is 0.453. The zero-order valence-electron chi connectivity index (χ0n) is 6.51. The molecule has 3 N–H and O–H groups in total. The van der Waals surface area contributed by atoms with Crippen molar-refractivity contribution in [3.05, 3.63) is 0 Å². The lowest BCUT2D eigenvalue weighted by molar-refractivity contribution is 0.183. The molecule has 0 saturated heterocycles. The number of aliphatic hydroxyl groups is 2. The predicted molar refractivity (Wildman–Crippen MR) is 40.9 cm³/mol. The first-order valence-corrected chi connectivity index (χ1v) is 3.77. The average molecular weight is 147 g/mol. The zero-order valence-corrected chi connectivity index (χ0v) is 6.51. The Balaban J connectivity index is 2.77. The lowest BCUT2D eigenvalue weighted by atomic mass is 10.3. The molecular formula is C7H17NO2. The van der Waals surface area contributed by atoms with Gasteiger partial charge >= 0.3 is 0 Å². The standard InChI is InChI=1S/C7H17NO2/c1-7(10)3-5-8-4-2-6-9/h7-10H,2-6H2,1H3. The van der Waals surface area contributed by atoms with Crippen LogP contribution in [0.2, 0.25) is 0 Å². The summed E-state index contributed by atoms with van der Waals surface area (Å²) in [5.74, 6) is 0. The van der Waals surface area contributed by atoms with Gasteiger partial charge in [0.2, 0.25) is 0 Å². The molecule has 0 rings (SSSR count). The lowest BCUT2D eigenvalue weighted by Gasteiger charge is -2.04. The van der Waals surface area contributed by atoms with E-state index in [1.165, 1.54) is 0 Å². The maximum absolute atomic E-state index is 8.82. The number of rotatable bonds is 6. The van der Waals surface area contributed by atoms with Crippen LogP contribution in [0.1, 0.15) is 19.8 Å². The van der Waals surface area contributed by atoms with Crippen LogP contribution in [0.3, 0.4) is 0 Å². The summed E-state index contributed by atoms with van der Waals surface area (Å²) in [5.41, 5.74) is 0. The zero-order chi connectivity index (χ0) is 7.82. The molecule has 3 heteroatoms. The Bertz CT molecular complexity index is 66.6. The minimum absolute atomic E-state index is 0.221. The van der Waals surface area contributed by atoms with Gasteiger partial charge in [-0.15, -0.1) is 0 Å². The second-order valence-corrected chi connectivity index (χ2v) is 2.46. The van der Waals surface area contributed by atoms with Crippen molar-refractivity contribution in [2.75, 3.05) is 19.7 Å². The van der Waals surface area contributed by atoms with Gasteiger partial charge in [0.15, 0.2) is 0 Å². The summed E-state index contributed by atoms with van der Waals surface area (Å²) in [5, 5.41) is 20.3. The highest BCUT2D eigenvalue weighted by molar-refractivity contribution is 4.51. The lowest BCUT2D eigenvalue weighted by Crippen LogP contribution is -2.20. The van der Waals surface area contributed by atoms with Crippen molar-refractivity contribution in [1.29, 1.82) is 0 Å². The summed E-state index contributed by atoms with van der Waals surface area (Å²) < 4.78 is 0. The second-order valence-electron chi connectivity index (χ2n) is 2.46. The molecule has 0 amide bonds. The molecule has 0 bridgehead atoms. The summed E-state index contributed by atoms with van der Waals surface area (Å²) >= 11 is 0. The van der Waals surface area contributed by atoms with E-state index in [9.17, 15) is 0 Å². The van der Waals surface area contributed by atoms with Gasteiger partial charge in [0.1, 0.15) is 0 Å². The van der Waals surface area contributed by atoms with Crippen LogP contribution in [0, 0.1) is 0 Å². The largest absolute Gasteiger partial charge is 0.396 e. The van der Waals surface area contributed by atoms with E-state index in [0.717, 1.165) is 25.9 Å². The van der Waals surface area contributed by atoms with Gasteiger partial charge in [-0.3, -0.25) is 0 Å². The molecule has 1 unspecified atom stereocenters. The molecule has 10 heavy (non-hydrogen) atoms. The Kier molecular flexibility index (Phi) is 6.91. The molecule has 3 nitrogen and oxygen atoms in total. The minimum Gasteiger partial charge on any atom is -0.396 e. The average Bonchev–Trinajstić information content (AvgIpc) is 1.87. The SMILES string of the molecule is CC(O)CCNCCCO. The van der Waals surface area contributed by atoms with E-state index in [4.69, 9.17) is 10.2 Å². The number of hydrogen-bond donors (Lipinski definition) is 3. The van der Waals surface area contributed by atoms with Gasteiger partial charge < -0.3 is 15.5 Å². The summed E-state index contributed by atoms with van der Waals surface area (Å²) in [7, 11) is 0. The van der Waals surface area contributed by atoms with E-state index >= 15 is 0 Å². The fraction of sp³-hybridized carbons (Fsp3) is 1.00. The Morgan fingerprint density at radius 2 is 2.10 bits per heavy atom. The van der Waals surface area contributed by atoms with Crippen molar-refractivity contribution < 1.29 is 10.2 Å².